The lowest BCUT2D eigenvalue weighted by Gasteiger charge is -2.04. The molecule has 0 radical (unpaired) electrons. The Morgan fingerprint density at radius 3 is 2.79 bits per heavy atom. The van der Waals surface area contributed by atoms with Crippen molar-refractivity contribution in [3.63, 3.8) is 0 Å². The van der Waals surface area contributed by atoms with Crippen LogP contribution in [0.5, 0.6) is 5.75 Å². The Morgan fingerprint density at radius 2 is 2.29 bits per heavy atom. The lowest BCUT2D eigenvalue weighted by molar-refractivity contribution is -0.139. The van der Waals surface area contributed by atoms with Gasteiger partial charge in [-0.1, -0.05) is 11.6 Å². The first-order valence-corrected chi connectivity index (χ1v) is 4.95. The van der Waals surface area contributed by atoms with Crippen molar-refractivity contribution in [2.45, 2.75) is 6.42 Å². The van der Waals surface area contributed by atoms with Gasteiger partial charge in [-0.05, 0) is 33.6 Å². The molecule has 0 saturated carbocycles. The van der Waals surface area contributed by atoms with Gasteiger partial charge in [-0.3, -0.25) is 4.79 Å². The van der Waals surface area contributed by atoms with Crippen molar-refractivity contribution >= 4 is 33.5 Å². The maximum atomic E-state index is 10.9. The highest BCUT2D eigenvalue weighted by molar-refractivity contribution is 9.10. The van der Waals surface area contributed by atoms with E-state index in [-0.39, 0.29) is 23.2 Å². The number of ether oxygens (including phenoxy) is 1. The van der Waals surface area contributed by atoms with Crippen LogP contribution in [0, 0.1) is 0 Å². The standard InChI is InChI=1S/C9H8BrClO3/c1-14-8(13)4-5-2-6(10)9(11)7(12)3-5/h2-3,12H,4H2,1H3. The average molecular weight is 280 g/mol. The third kappa shape index (κ3) is 2.62. The smallest absolute Gasteiger partial charge is 0.309 e. The van der Waals surface area contributed by atoms with Crippen LogP contribution in [0.4, 0.5) is 0 Å². The van der Waals surface area contributed by atoms with Crippen LogP contribution in [0.3, 0.4) is 0 Å². The van der Waals surface area contributed by atoms with E-state index in [0.717, 1.165) is 0 Å². The minimum Gasteiger partial charge on any atom is -0.506 e. The highest BCUT2D eigenvalue weighted by atomic mass is 79.9. The molecule has 1 rings (SSSR count). The van der Waals surface area contributed by atoms with Crippen LogP contribution in [-0.2, 0) is 16.0 Å². The molecule has 0 amide bonds. The molecule has 5 heteroatoms. The zero-order valence-corrected chi connectivity index (χ0v) is 9.72. The second-order valence-corrected chi connectivity index (χ2v) is 3.90. The van der Waals surface area contributed by atoms with Gasteiger partial charge in [-0.15, -0.1) is 0 Å². The van der Waals surface area contributed by atoms with Crippen LogP contribution < -0.4 is 0 Å². The largest absolute Gasteiger partial charge is 0.506 e. The summed E-state index contributed by atoms with van der Waals surface area (Å²) in [5.41, 5.74) is 0.644. The fraction of sp³-hybridized carbons (Fsp3) is 0.222. The van der Waals surface area contributed by atoms with Gasteiger partial charge in [0.05, 0.1) is 18.6 Å². The highest BCUT2D eigenvalue weighted by Crippen LogP contribution is 2.32. The Balaban J connectivity index is 2.95. The minimum absolute atomic E-state index is 0.0556. The summed E-state index contributed by atoms with van der Waals surface area (Å²) < 4.78 is 5.05. The molecule has 0 fully saturated rings. The predicted molar refractivity (Wildman–Crippen MR) is 56.5 cm³/mol. The van der Waals surface area contributed by atoms with Crippen molar-refractivity contribution in [1.82, 2.24) is 0 Å². The van der Waals surface area contributed by atoms with Gasteiger partial charge in [0.2, 0.25) is 0 Å². The van der Waals surface area contributed by atoms with E-state index in [9.17, 15) is 9.90 Å². The van der Waals surface area contributed by atoms with Crippen molar-refractivity contribution in [1.29, 1.82) is 0 Å². The summed E-state index contributed by atoms with van der Waals surface area (Å²) in [7, 11) is 1.31. The second-order valence-electron chi connectivity index (χ2n) is 2.66. The topological polar surface area (TPSA) is 46.5 Å². The van der Waals surface area contributed by atoms with Gasteiger partial charge >= 0.3 is 5.97 Å². The number of carbonyl (C=O) groups is 1. The van der Waals surface area contributed by atoms with Crippen LogP contribution in [0.2, 0.25) is 5.02 Å². The van der Waals surface area contributed by atoms with Crippen LogP contribution in [0.15, 0.2) is 16.6 Å². The lowest BCUT2D eigenvalue weighted by Crippen LogP contribution is -2.04. The molecule has 0 atom stereocenters. The maximum Gasteiger partial charge on any atom is 0.309 e. The molecule has 0 heterocycles. The number of phenolic OH excluding ortho intramolecular Hbond substituents is 1. The Hall–Kier alpha value is -0.740. The van der Waals surface area contributed by atoms with Crippen LogP contribution in [-0.4, -0.2) is 18.2 Å². The molecule has 1 N–H and O–H groups in total. The number of esters is 1. The van der Waals surface area contributed by atoms with Gasteiger partial charge in [0.25, 0.3) is 0 Å². The molecule has 3 nitrogen and oxygen atoms in total. The third-order valence-electron chi connectivity index (χ3n) is 1.64. The molecule has 14 heavy (non-hydrogen) atoms. The number of hydrogen-bond donors (Lipinski definition) is 1. The average Bonchev–Trinajstić information content (AvgIpc) is 2.14. The molecule has 1 aromatic rings. The van der Waals surface area contributed by atoms with Crippen LogP contribution >= 0.6 is 27.5 Å². The highest BCUT2D eigenvalue weighted by Gasteiger charge is 2.09. The monoisotopic (exact) mass is 278 g/mol. The molecular formula is C9H8BrClO3. The normalized spacial score (nSPS) is 9.93. The summed E-state index contributed by atoms with van der Waals surface area (Å²) in [4.78, 5) is 10.9. The summed E-state index contributed by atoms with van der Waals surface area (Å²) in [5, 5.41) is 9.59. The van der Waals surface area contributed by atoms with E-state index in [2.05, 4.69) is 20.7 Å². The van der Waals surface area contributed by atoms with Crippen molar-refractivity contribution in [2.75, 3.05) is 7.11 Å². The van der Waals surface area contributed by atoms with Gasteiger partial charge in [0.1, 0.15) is 5.75 Å². The molecule has 0 aliphatic rings. The molecule has 0 aliphatic heterocycles. The number of rotatable bonds is 2. The molecular weight excluding hydrogens is 271 g/mol. The quantitative estimate of drug-likeness (QED) is 0.846. The first-order chi connectivity index (χ1) is 6.54. The Kier molecular flexibility index (Phi) is 3.77. The SMILES string of the molecule is COC(=O)Cc1cc(O)c(Cl)c(Br)c1. The predicted octanol–water partition coefficient (Wildman–Crippen LogP) is 2.52. The van der Waals surface area contributed by atoms with Gasteiger partial charge < -0.3 is 9.84 Å². The maximum absolute atomic E-state index is 10.9. The lowest BCUT2D eigenvalue weighted by atomic mass is 10.1. The van der Waals surface area contributed by atoms with E-state index < -0.39 is 0 Å². The summed E-state index contributed by atoms with van der Waals surface area (Å²) in [5.74, 6) is -0.418. The summed E-state index contributed by atoms with van der Waals surface area (Å²) in [6.07, 6.45) is 0.111. The number of aromatic hydroxyl groups is 1. The van der Waals surface area contributed by atoms with Crippen LogP contribution in [0.1, 0.15) is 5.56 Å². The molecule has 76 valence electrons. The molecule has 0 aliphatic carbocycles. The first kappa shape index (κ1) is 11.3. The molecule has 0 spiro atoms. The number of hydrogen-bond acceptors (Lipinski definition) is 3. The molecule has 1 aromatic carbocycles. The Bertz CT molecular complexity index is 342. The number of methoxy groups -OCH3 is 1. The third-order valence-corrected chi connectivity index (χ3v) is 2.90. The van der Waals surface area contributed by atoms with E-state index in [0.29, 0.717) is 10.0 Å². The molecule has 0 saturated heterocycles. The number of carbonyl (C=O) groups excluding carboxylic acids is 1. The van der Waals surface area contributed by atoms with Crippen LogP contribution in [0.25, 0.3) is 0 Å². The van der Waals surface area contributed by atoms with E-state index >= 15 is 0 Å². The Morgan fingerprint density at radius 1 is 1.64 bits per heavy atom. The first-order valence-electron chi connectivity index (χ1n) is 3.78. The van der Waals surface area contributed by atoms with Gasteiger partial charge in [-0.2, -0.15) is 0 Å². The van der Waals surface area contributed by atoms with Crippen molar-refractivity contribution in [3.05, 3.63) is 27.2 Å². The van der Waals surface area contributed by atoms with E-state index in [1.54, 1.807) is 6.07 Å². The van der Waals surface area contributed by atoms with Gasteiger partial charge in [0, 0.05) is 4.47 Å². The fourth-order valence-corrected chi connectivity index (χ4v) is 1.58. The van der Waals surface area contributed by atoms with E-state index in [1.165, 1.54) is 13.2 Å². The van der Waals surface area contributed by atoms with E-state index in [1.807, 2.05) is 0 Å². The number of halogens is 2. The fourth-order valence-electron chi connectivity index (χ4n) is 0.970. The van der Waals surface area contributed by atoms with Crippen molar-refractivity contribution < 1.29 is 14.6 Å². The van der Waals surface area contributed by atoms with E-state index in [4.69, 9.17) is 11.6 Å². The van der Waals surface area contributed by atoms with Gasteiger partial charge in [0.15, 0.2) is 0 Å². The second kappa shape index (κ2) is 4.66. The molecule has 0 unspecified atom stereocenters. The van der Waals surface area contributed by atoms with Crippen molar-refractivity contribution in [2.24, 2.45) is 0 Å². The Labute approximate surface area is 94.8 Å². The minimum atomic E-state index is -0.362. The van der Waals surface area contributed by atoms with Gasteiger partial charge in [-0.25, -0.2) is 0 Å². The van der Waals surface area contributed by atoms with Crippen molar-refractivity contribution in [3.8, 4) is 5.75 Å². The zero-order chi connectivity index (χ0) is 10.7. The summed E-state index contributed by atoms with van der Waals surface area (Å²) in [6, 6.07) is 3.10. The summed E-state index contributed by atoms with van der Waals surface area (Å²) >= 11 is 8.87. The molecule has 0 bridgehead atoms. The zero-order valence-electron chi connectivity index (χ0n) is 7.38. The summed E-state index contributed by atoms with van der Waals surface area (Å²) in [6.45, 7) is 0. The molecule has 0 aromatic heterocycles. The number of phenols is 1. The number of benzene rings is 1.